The molecule has 0 radical (unpaired) electrons. The van der Waals surface area contributed by atoms with Crippen LogP contribution in [-0.2, 0) is 11.3 Å². The summed E-state index contributed by atoms with van der Waals surface area (Å²) >= 11 is 6.75. The minimum absolute atomic E-state index is 0.0226. The predicted octanol–water partition coefficient (Wildman–Crippen LogP) is 4.15. The lowest BCUT2D eigenvalue weighted by atomic mass is 10.1. The molecule has 2 aromatic rings. The summed E-state index contributed by atoms with van der Waals surface area (Å²) in [6.45, 7) is 0.516. The lowest BCUT2D eigenvalue weighted by molar-refractivity contribution is -0.122. The first-order valence-corrected chi connectivity index (χ1v) is 8.84. The van der Waals surface area contributed by atoms with E-state index in [1.54, 1.807) is 4.90 Å². The van der Waals surface area contributed by atoms with Gasteiger partial charge in [-0.25, -0.2) is 0 Å². The summed E-state index contributed by atoms with van der Waals surface area (Å²) in [6, 6.07) is 18.0. The first-order chi connectivity index (χ1) is 11.5. The molecule has 2 aromatic carbocycles. The first-order valence-electron chi connectivity index (χ1n) is 7.61. The van der Waals surface area contributed by atoms with Crippen LogP contribution in [0.3, 0.4) is 0 Å². The number of carbonyl (C=O) groups excluding carboxylic acids is 1. The van der Waals surface area contributed by atoms with E-state index in [2.05, 4.69) is 0 Å². The van der Waals surface area contributed by atoms with Crippen molar-refractivity contribution in [2.24, 2.45) is 0 Å². The molecule has 0 atom stereocenters. The smallest absolute Gasteiger partial charge is 0.266 e. The predicted molar refractivity (Wildman–Crippen MR) is 106 cm³/mol. The maximum absolute atomic E-state index is 12.6. The topological polar surface area (TPSA) is 23.6 Å². The molecule has 0 bridgehead atoms. The van der Waals surface area contributed by atoms with Gasteiger partial charge >= 0.3 is 0 Å². The minimum atomic E-state index is -0.0226. The molecule has 5 heteroatoms. The first kappa shape index (κ1) is 16.7. The van der Waals surface area contributed by atoms with Gasteiger partial charge in [-0.15, -0.1) is 0 Å². The molecular weight excluding hydrogens is 336 g/mol. The number of hydrogen-bond donors (Lipinski definition) is 0. The van der Waals surface area contributed by atoms with Gasteiger partial charge in [-0.3, -0.25) is 9.69 Å². The third-order valence-electron chi connectivity index (χ3n) is 3.76. The van der Waals surface area contributed by atoms with E-state index >= 15 is 0 Å². The number of rotatable bonds is 4. The van der Waals surface area contributed by atoms with E-state index < -0.39 is 0 Å². The molecule has 1 saturated heterocycles. The molecule has 24 heavy (non-hydrogen) atoms. The van der Waals surface area contributed by atoms with Crippen LogP contribution in [0.15, 0.2) is 59.5 Å². The van der Waals surface area contributed by atoms with Crippen LogP contribution in [0.2, 0.25) is 0 Å². The van der Waals surface area contributed by atoms with E-state index in [0.717, 1.165) is 16.8 Å². The maximum atomic E-state index is 12.6. The van der Waals surface area contributed by atoms with Gasteiger partial charge in [0, 0.05) is 19.8 Å². The molecule has 1 aliphatic rings. The molecule has 0 N–H and O–H groups in total. The van der Waals surface area contributed by atoms with Crippen LogP contribution in [0.1, 0.15) is 11.1 Å². The Morgan fingerprint density at radius 1 is 1.08 bits per heavy atom. The van der Waals surface area contributed by atoms with Crippen LogP contribution >= 0.6 is 24.0 Å². The zero-order valence-corrected chi connectivity index (χ0v) is 15.2. The standard InChI is InChI=1S/C19H18N2OS2/c1-20(2)16-10-8-14(9-11-16)12-17-18(22)21(19(23)24-17)13-15-6-4-3-5-7-15/h3-12H,13H2,1-2H3. The Morgan fingerprint density at radius 3 is 2.38 bits per heavy atom. The average molecular weight is 354 g/mol. The third-order valence-corrected chi connectivity index (χ3v) is 5.14. The molecule has 0 unspecified atom stereocenters. The molecule has 3 nitrogen and oxygen atoms in total. The van der Waals surface area contributed by atoms with Crippen LogP contribution in [0.4, 0.5) is 5.69 Å². The van der Waals surface area contributed by atoms with Gasteiger partial charge < -0.3 is 4.90 Å². The highest BCUT2D eigenvalue weighted by atomic mass is 32.2. The van der Waals surface area contributed by atoms with Crippen molar-refractivity contribution in [3.05, 3.63) is 70.6 Å². The molecule has 122 valence electrons. The molecule has 3 rings (SSSR count). The van der Waals surface area contributed by atoms with Crippen LogP contribution in [0, 0.1) is 0 Å². The van der Waals surface area contributed by atoms with Crippen LogP contribution in [0.25, 0.3) is 6.08 Å². The Kier molecular flexibility index (Phi) is 5.02. The molecule has 1 heterocycles. The summed E-state index contributed by atoms with van der Waals surface area (Å²) in [5, 5.41) is 0. The van der Waals surface area contributed by atoms with Crippen molar-refractivity contribution in [3.8, 4) is 0 Å². The number of thioether (sulfide) groups is 1. The molecule has 1 fully saturated rings. The second kappa shape index (κ2) is 7.20. The molecule has 1 amide bonds. The number of amides is 1. The second-order valence-corrected chi connectivity index (χ2v) is 7.42. The summed E-state index contributed by atoms with van der Waals surface area (Å²) in [7, 11) is 4.01. The van der Waals surface area contributed by atoms with Gasteiger partial charge in [0.05, 0.1) is 11.4 Å². The summed E-state index contributed by atoms with van der Waals surface area (Å²) < 4.78 is 0.611. The van der Waals surface area contributed by atoms with Crippen LogP contribution < -0.4 is 4.90 Å². The quantitative estimate of drug-likeness (QED) is 0.608. The Labute approximate surface area is 152 Å². The molecular formula is C19H18N2OS2. The fraction of sp³-hybridized carbons (Fsp3) is 0.158. The number of anilines is 1. The van der Waals surface area contributed by atoms with Gasteiger partial charge in [0.25, 0.3) is 5.91 Å². The van der Waals surface area contributed by atoms with Crippen molar-refractivity contribution in [1.29, 1.82) is 0 Å². The largest absolute Gasteiger partial charge is 0.378 e. The van der Waals surface area contributed by atoms with Crippen molar-refractivity contribution in [3.63, 3.8) is 0 Å². The second-order valence-electron chi connectivity index (χ2n) is 5.74. The van der Waals surface area contributed by atoms with E-state index in [1.165, 1.54) is 11.8 Å². The monoisotopic (exact) mass is 354 g/mol. The van der Waals surface area contributed by atoms with Gasteiger partial charge in [0.15, 0.2) is 0 Å². The Balaban J connectivity index is 1.78. The maximum Gasteiger partial charge on any atom is 0.266 e. The summed E-state index contributed by atoms with van der Waals surface area (Å²) in [5.74, 6) is -0.0226. The normalized spacial score (nSPS) is 16.1. The summed E-state index contributed by atoms with van der Waals surface area (Å²) in [5.41, 5.74) is 3.20. The minimum Gasteiger partial charge on any atom is -0.378 e. The van der Waals surface area contributed by atoms with E-state index in [0.29, 0.717) is 15.8 Å². The lowest BCUT2D eigenvalue weighted by Gasteiger charge is -2.14. The van der Waals surface area contributed by atoms with Crippen molar-refractivity contribution in [1.82, 2.24) is 4.90 Å². The third kappa shape index (κ3) is 3.68. The summed E-state index contributed by atoms with van der Waals surface area (Å²) in [6.07, 6.45) is 1.91. The molecule has 0 aliphatic carbocycles. The number of nitrogens with zero attached hydrogens (tertiary/aromatic N) is 2. The highest BCUT2D eigenvalue weighted by Crippen LogP contribution is 2.33. The highest BCUT2D eigenvalue weighted by molar-refractivity contribution is 8.26. The van der Waals surface area contributed by atoms with E-state index in [-0.39, 0.29) is 5.91 Å². The molecule has 0 saturated carbocycles. The zero-order valence-electron chi connectivity index (χ0n) is 13.6. The lowest BCUT2D eigenvalue weighted by Crippen LogP contribution is -2.27. The molecule has 0 aromatic heterocycles. The average Bonchev–Trinajstić information content (AvgIpc) is 2.84. The van der Waals surface area contributed by atoms with Gasteiger partial charge in [0.2, 0.25) is 0 Å². The summed E-state index contributed by atoms with van der Waals surface area (Å²) in [4.78, 5) is 17.0. The van der Waals surface area contributed by atoms with E-state index in [4.69, 9.17) is 12.2 Å². The Hall–Kier alpha value is -2.11. The number of hydrogen-bond acceptors (Lipinski definition) is 4. The van der Waals surface area contributed by atoms with Crippen molar-refractivity contribution in [2.45, 2.75) is 6.54 Å². The van der Waals surface area contributed by atoms with E-state index in [1.807, 2.05) is 79.7 Å². The Morgan fingerprint density at radius 2 is 1.75 bits per heavy atom. The Bertz CT molecular complexity index is 783. The zero-order chi connectivity index (χ0) is 17.1. The fourth-order valence-corrected chi connectivity index (χ4v) is 3.68. The highest BCUT2D eigenvalue weighted by Gasteiger charge is 2.31. The van der Waals surface area contributed by atoms with Crippen molar-refractivity contribution < 1.29 is 4.79 Å². The van der Waals surface area contributed by atoms with Crippen LogP contribution in [-0.4, -0.2) is 29.2 Å². The van der Waals surface area contributed by atoms with Crippen molar-refractivity contribution >= 4 is 46.0 Å². The van der Waals surface area contributed by atoms with Crippen molar-refractivity contribution in [2.75, 3.05) is 19.0 Å². The van der Waals surface area contributed by atoms with Crippen LogP contribution in [0.5, 0.6) is 0 Å². The number of benzene rings is 2. The number of thiocarbonyl (C=S) groups is 1. The molecule has 1 aliphatic heterocycles. The SMILES string of the molecule is CN(C)c1ccc(C=C2SC(=S)N(Cc3ccccc3)C2=O)cc1. The molecule has 0 spiro atoms. The fourth-order valence-electron chi connectivity index (χ4n) is 2.42. The van der Waals surface area contributed by atoms with E-state index in [9.17, 15) is 4.79 Å². The van der Waals surface area contributed by atoms with Gasteiger partial charge in [-0.2, -0.15) is 0 Å². The van der Waals surface area contributed by atoms with Gasteiger partial charge in [0.1, 0.15) is 4.32 Å². The van der Waals surface area contributed by atoms with Gasteiger partial charge in [-0.05, 0) is 29.3 Å². The van der Waals surface area contributed by atoms with Gasteiger partial charge in [-0.1, -0.05) is 66.4 Å². The number of carbonyl (C=O) groups is 1.